The van der Waals surface area contributed by atoms with Gasteiger partial charge in [-0.05, 0) is 12.5 Å². The number of nitrogens with one attached hydrogen (secondary N) is 1. The van der Waals surface area contributed by atoms with Crippen LogP contribution in [0.4, 0.5) is 0 Å². The molecule has 0 bridgehead atoms. The molecule has 0 saturated carbocycles. The number of hydrogen-bond donors (Lipinski definition) is 2. The third kappa shape index (κ3) is 5.85. The van der Waals surface area contributed by atoms with Gasteiger partial charge in [0, 0.05) is 6.54 Å². The van der Waals surface area contributed by atoms with E-state index in [9.17, 15) is 0 Å². The van der Waals surface area contributed by atoms with Crippen molar-refractivity contribution in [3.05, 3.63) is 0 Å². The second kappa shape index (κ2) is 5.13. The van der Waals surface area contributed by atoms with E-state index in [2.05, 4.69) is 25.7 Å². The van der Waals surface area contributed by atoms with Gasteiger partial charge < -0.3 is 5.73 Å². The minimum atomic E-state index is 0.257. The highest BCUT2D eigenvalue weighted by Crippen LogP contribution is 1.96. The van der Waals surface area contributed by atoms with Gasteiger partial charge in [0.05, 0.1) is 6.54 Å². The molecule has 11 heavy (non-hydrogen) atoms. The van der Waals surface area contributed by atoms with Gasteiger partial charge in [-0.25, -0.2) is 0 Å². The minimum Gasteiger partial charge on any atom is -0.387 e. The molecule has 0 radical (unpaired) electrons. The summed E-state index contributed by atoms with van der Waals surface area (Å²) in [5.74, 6) is 0.904. The SMILES string of the molecule is CCN(CC(=N)N)CC(C)C. The van der Waals surface area contributed by atoms with Crippen LogP contribution in [0.2, 0.25) is 0 Å². The summed E-state index contributed by atoms with van der Waals surface area (Å²) < 4.78 is 0. The number of nitrogens with zero attached hydrogens (tertiary/aromatic N) is 1. The lowest BCUT2D eigenvalue weighted by Crippen LogP contribution is -2.35. The van der Waals surface area contributed by atoms with Crippen molar-refractivity contribution in [2.75, 3.05) is 19.6 Å². The standard InChI is InChI=1S/C8H19N3/c1-4-11(5-7(2)3)6-8(9)10/h7H,4-6H2,1-3H3,(H3,9,10). The Labute approximate surface area is 69.1 Å². The molecule has 0 saturated heterocycles. The van der Waals surface area contributed by atoms with Crippen LogP contribution in [-0.4, -0.2) is 30.4 Å². The van der Waals surface area contributed by atoms with E-state index in [1.165, 1.54) is 0 Å². The summed E-state index contributed by atoms with van der Waals surface area (Å²) >= 11 is 0. The molecule has 0 aliphatic rings. The molecule has 0 spiro atoms. The number of amidine groups is 1. The Hall–Kier alpha value is -0.570. The molecule has 0 unspecified atom stereocenters. The second-order valence-electron chi connectivity index (χ2n) is 3.25. The first kappa shape index (κ1) is 10.4. The van der Waals surface area contributed by atoms with Crippen molar-refractivity contribution in [1.82, 2.24) is 4.90 Å². The molecule has 3 heteroatoms. The van der Waals surface area contributed by atoms with Crippen molar-refractivity contribution in [2.24, 2.45) is 11.7 Å². The lowest BCUT2D eigenvalue weighted by atomic mass is 10.2. The van der Waals surface area contributed by atoms with Crippen LogP contribution in [0.15, 0.2) is 0 Å². The lowest BCUT2D eigenvalue weighted by Gasteiger charge is -2.21. The molecule has 0 aliphatic heterocycles. The highest BCUT2D eigenvalue weighted by molar-refractivity contribution is 5.78. The Bertz CT molecular complexity index is 121. The maximum atomic E-state index is 7.11. The van der Waals surface area contributed by atoms with E-state index in [4.69, 9.17) is 11.1 Å². The topological polar surface area (TPSA) is 53.1 Å². The minimum absolute atomic E-state index is 0.257. The van der Waals surface area contributed by atoms with Gasteiger partial charge in [-0.3, -0.25) is 10.3 Å². The summed E-state index contributed by atoms with van der Waals surface area (Å²) in [5, 5.41) is 7.11. The van der Waals surface area contributed by atoms with Crippen LogP contribution in [0.1, 0.15) is 20.8 Å². The molecule has 0 aromatic heterocycles. The molecule has 66 valence electrons. The summed E-state index contributed by atoms with van der Waals surface area (Å²) in [6.45, 7) is 9.03. The highest BCUT2D eigenvalue weighted by Gasteiger charge is 2.04. The average molecular weight is 157 g/mol. The monoisotopic (exact) mass is 157 g/mol. The molecule has 3 nitrogen and oxygen atoms in total. The maximum Gasteiger partial charge on any atom is 0.105 e. The van der Waals surface area contributed by atoms with Crippen molar-refractivity contribution in [2.45, 2.75) is 20.8 Å². The first-order chi connectivity index (χ1) is 5.06. The first-order valence-corrected chi connectivity index (χ1v) is 4.11. The molecule has 0 aromatic rings. The second-order valence-corrected chi connectivity index (χ2v) is 3.25. The number of rotatable bonds is 5. The van der Waals surface area contributed by atoms with Crippen LogP contribution in [-0.2, 0) is 0 Å². The first-order valence-electron chi connectivity index (χ1n) is 4.11. The zero-order valence-corrected chi connectivity index (χ0v) is 7.72. The number of hydrogen-bond acceptors (Lipinski definition) is 2. The third-order valence-corrected chi connectivity index (χ3v) is 1.46. The van der Waals surface area contributed by atoms with Crippen molar-refractivity contribution in [3.63, 3.8) is 0 Å². The van der Waals surface area contributed by atoms with Crippen LogP contribution in [0, 0.1) is 11.3 Å². The van der Waals surface area contributed by atoms with Gasteiger partial charge in [-0.2, -0.15) is 0 Å². The smallest absolute Gasteiger partial charge is 0.105 e. The van der Waals surface area contributed by atoms with E-state index < -0.39 is 0 Å². The Kier molecular flexibility index (Phi) is 4.86. The normalized spacial score (nSPS) is 11.0. The van der Waals surface area contributed by atoms with Crippen molar-refractivity contribution in [1.29, 1.82) is 5.41 Å². The van der Waals surface area contributed by atoms with Gasteiger partial charge in [0.15, 0.2) is 0 Å². The predicted molar refractivity (Wildman–Crippen MR) is 48.9 cm³/mol. The van der Waals surface area contributed by atoms with E-state index >= 15 is 0 Å². The van der Waals surface area contributed by atoms with E-state index in [1.807, 2.05) is 0 Å². The highest BCUT2D eigenvalue weighted by atomic mass is 15.1. The average Bonchev–Trinajstić information content (AvgIpc) is 1.84. The summed E-state index contributed by atoms with van der Waals surface area (Å²) in [5.41, 5.74) is 5.29. The van der Waals surface area contributed by atoms with Crippen LogP contribution in [0.25, 0.3) is 0 Å². The largest absolute Gasteiger partial charge is 0.387 e. The van der Waals surface area contributed by atoms with Gasteiger partial charge in [0.2, 0.25) is 0 Å². The summed E-state index contributed by atoms with van der Waals surface area (Å²) in [6, 6.07) is 0. The van der Waals surface area contributed by atoms with E-state index in [0.717, 1.165) is 13.1 Å². The molecule has 0 heterocycles. The quantitative estimate of drug-likeness (QED) is 0.460. The van der Waals surface area contributed by atoms with Crippen LogP contribution in [0.5, 0.6) is 0 Å². The van der Waals surface area contributed by atoms with Gasteiger partial charge in [-0.1, -0.05) is 20.8 Å². The summed E-state index contributed by atoms with van der Waals surface area (Å²) in [6.07, 6.45) is 0. The zero-order valence-electron chi connectivity index (χ0n) is 7.72. The molecule has 0 amide bonds. The van der Waals surface area contributed by atoms with Crippen LogP contribution in [0.3, 0.4) is 0 Å². The number of nitrogens with two attached hydrogens (primary N) is 1. The van der Waals surface area contributed by atoms with Crippen LogP contribution >= 0.6 is 0 Å². The molecular formula is C8H19N3. The summed E-state index contributed by atoms with van der Waals surface area (Å²) in [4.78, 5) is 2.17. The summed E-state index contributed by atoms with van der Waals surface area (Å²) in [7, 11) is 0. The zero-order chi connectivity index (χ0) is 8.85. The van der Waals surface area contributed by atoms with Gasteiger partial charge >= 0.3 is 0 Å². The third-order valence-electron chi connectivity index (χ3n) is 1.46. The Morgan fingerprint density at radius 2 is 2.09 bits per heavy atom. The number of likely N-dealkylation sites (N-methyl/N-ethyl adjacent to an activating group) is 1. The Morgan fingerprint density at radius 3 is 2.36 bits per heavy atom. The fourth-order valence-electron chi connectivity index (χ4n) is 1.06. The van der Waals surface area contributed by atoms with Crippen LogP contribution < -0.4 is 5.73 Å². The molecule has 0 rings (SSSR count). The predicted octanol–water partition coefficient (Wildman–Crippen LogP) is 0.900. The van der Waals surface area contributed by atoms with Gasteiger partial charge in [0.25, 0.3) is 0 Å². The molecular weight excluding hydrogens is 138 g/mol. The fraction of sp³-hybridized carbons (Fsp3) is 0.875. The molecule has 0 aromatic carbocycles. The van der Waals surface area contributed by atoms with Gasteiger partial charge in [-0.15, -0.1) is 0 Å². The fourth-order valence-corrected chi connectivity index (χ4v) is 1.06. The molecule has 0 fully saturated rings. The molecule has 0 aliphatic carbocycles. The molecule has 0 atom stereocenters. The maximum absolute atomic E-state index is 7.11. The molecule has 3 N–H and O–H groups in total. The van der Waals surface area contributed by atoms with Crippen molar-refractivity contribution < 1.29 is 0 Å². The van der Waals surface area contributed by atoms with E-state index in [-0.39, 0.29) is 5.84 Å². The Balaban J connectivity index is 3.66. The van der Waals surface area contributed by atoms with Crippen molar-refractivity contribution >= 4 is 5.84 Å². The Morgan fingerprint density at radius 1 is 1.55 bits per heavy atom. The van der Waals surface area contributed by atoms with Gasteiger partial charge in [0.1, 0.15) is 5.84 Å². The van der Waals surface area contributed by atoms with Crippen molar-refractivity contribution in [3.8, 4) is 0 Å². The van der Waals surface area contributed by atoms with E-state index in [1.54, 1.807) is 0 Å². The van der Waals surface area contributed by atoms with E-state index in [0.29, 0.717) is 12.5 Å². The lowest BCUT2D eigenvalue weighted by molar-refractivity contribution is 0.288.